The Morgan fingerprint density at radius 1 is 1.03 bits per heavy atom. The highest BCUT2D eigenvalue weighted by molar-refractivity contribution is 6.16. The van der Waals surface area contributed by atoms with Gasteiger partial charge in [0, 0.05) is 29.2 Å². The molecule has 2 heterocycles. The molecule has 0 atom stereocenters. The summed E-state index contributed by atoms with van der Waals surface area (Å²) in [6, 6.07) is 15.6. The van der Waals surface area contributed by atoms with Crippen molar-refractivity contribution in [3.8, 4) is 0 Å². The average Bonchev–Trinajstić information content (AvgIpc) is 3.10. The second-order valence-corrected chi connectivity index (χ2v) is 8.38. The molecule has 3 aromatic rings. The molecule has 2 aromatic carbocycles. The highest BCUT2D eigenvalue weighted by Gasteiger charge is 2.38. The van der Waals surface area contributed by atoms with Gasteiger partial charge in [-0.05, 0) is 38.0 Å². The fraction of sp³-hybridized carbons (Fsp3) is 0.320. The summed E-state index contributed by atoms with van der Waals surface area (Å²) in [4.78, 5) is 33.3. The van der Waals surface area contributed by atoms with E-state index in [4.69, 9.17) is 0 Å². The maximum atomic E-state index is 13.4. The molecule has 1 saturated carbocycles. The Kier molecular flexibility index (Phi) is 4.74. The summed E-state index contributed by atoms with van der Waals surface area (Å²) in [5, 5.41) is 3.81. The van der Waals surface area contributed by atoms with E-state index < -0.39 is 0 Å². The molecular formula is C25H25N3O2. The van der Waals surface area contributed by atoms with Gasteiger partial charge >= 0.3 is 0 Å². The van der Waals surface area contributed by atoms with Crippen molar-refractivity contribution in [2.45, 2.75) is 51.6 Å². The van der Waals surface area contributed by atoms with E-state index in [1.807, 2.05) is 60.4 Å². The van der Waals surface area contributed by atoms with Crippen molar-refractivity contribution in [2.75, 3.05) is 5.32 Å². The van der Waals surface area contributed by atoms with Crippen LogP contribution in [0.1, 0.15) is 64.1 Å². The van der Waals surface area contributed by atoms with Gasteiger partial charge < -0.3 is 10.2 Å². The minimum Gasteiger partial charge on any atom is -0.330 e. The van der Waals surface area contributed by atoms with Gasteiger partial charge in [-0.25, -0.2) is 4.98 Å². The van der Waals surface area contributed by atoms with E-state index in [9.17, 15) is 9.59 Å². The molecule has 1 N–H and O–H groups in total. The summed E-state index contributed by atoms with van der Waals surface area (Å²) in [5.74, 6) is -0.223. The molecule has 2 amide bonds. The number of hydrogen-bond donors (Lipinski definition) is 1. The van der Waals surface area contributed by atoms with Gasteiger partial charge in [-0.2, -0.15) is 0 Å². The van der Waals surface area contributed by atoms with Crippen molar-refractivity contribution in [1.82, 2.24) is 9.88 Å². The van der Waals surface area contributed by atoms with E-state index in [0.717, 1.165) is 47.9 Å². The van der Waals surface area contributed by atoms with Gasteiger partial charge in [-0.3, -0.25) is 9.59 Å². The zero-order valence-corrected chi connectivity index (χ0v) is 17.1. The summed E-state index contributed by atoms with van der Waals surface area (Å²) in [6.07, 6.45) is 5.61. The number of hydrogen-bond acceptors (Lipinski definition) is 3. The van der Waals surface area contributed by atoms with Gasteiger partial charge in [0.15, 0.2) is 0 Å². The number of anilines is 1. The molecule has 1 aliphatic heterocycles. The third-order valence-electron chi connectivity index (χ3n) is 6.34. The number of nitrogens with one attached hydrogen (secondary N) is 1. The monoisotopic (exact) mass is 399 g/mol. The number of aromatic nitrogens is 1. The fourth-order valence-corrected chi connectivity index (χ4v) is 4.74. The van der Waals surface area contributed by atoms with E-state index in [1.165, 1.54) is 6.42 Å². The molecule has 30 heavy (non-hydrogen) atoms. The minimum absolute atomic E-state index is 0.0351. The molecule has 1 aliphatic carbocycles. The van der Waals surface area contributed by atoms with E-state index in [1.54, 1.807) is 0 Å². The number of amides is 2. The Labute approximate surface area is 176 Å². The van der Waals surface area contributed by atoms with Crippen LogP contribution in [0.3, 0.4) is 0 Å². The molecule has 5 heteroatoms. The number of carbonyl (C=O) groups excluding carboxylic acids is 2. The smallest absolute Gasteiger partial charge is 0.273 e. The lowest BCUT2D eigenvalue weighted by Gasteiger charge is -2.30. The van der Waals surface area contributed by atoms with E-state index >= 15 is 0 Å². The Hall–Kier alpha value is -3.21. The first-order chi connectivity index (χ1) is 14.6. The molecule has 5 rings (SSSR count). The van der Waals surface area contributed by atoms with Crippen molar-refractivity contribution in [3.05, 3.63) is 70.9 Å². The number of benzene rings is 2. The molecule has 0 bridgehead atoms. The molecule has 0 radical (unpaired) electrons. The van der Waals surface area contributed by atoms with Crippen molar-refractivity contribution < 1.29 is 9.59 Å². The molecule has 1 fully saturated rings. The summed E-state index contributed by atoms with van der Waals surface area (Å²) < 4.78 is 0. The number of para-hydroxylation sites is 1. The molecule has 1 aromatic heterocycles. The quantitative estimate of drug-likeness (QED) is 0.668. The predicted molar refractivity (Wildman–Crippen MR) is 118 cm³/mol. The van der Waals surface area contributed by atoms with Crippen molar-refractivity contribution in [3.63, 3.8) is 0 Å². The normalized spacial score (nSPS) is 16.7. The van der Waals surface area contributed by atoms with Crippen molar-refractivity contribution in [2.24, 2.45) is 0 Å². The molecular weight excluding hydrogens is 374 g/mol. The van der Waals surface area contributed by atoms with Crippen LogP contribution in [0.5, 0.6) is 0 Å². The van der Waals surface area contributed by atoms with Crippen LogP contribution in [0.2, 0.25) is 0 Å². The lowest BCUT2D eigenvalue weighted by molar-refractivity contribution is 0.0655. The van der Waals surface area contributed by atoms with Gasteiger partial charge in [0.05, 0.1) is 11.1 Å². The molecule has 0 unspecified atom stereocenters. The van der Waals surface area contributed by atoms with Gasteiger partial charge in [0.2, 0.25) is 0 Å². The number of aryl methyl sites for hydroxylation is 1. The zero-order chi connectivity index (χ0) is 20.7. The summed E-state index contributed by atoms with van der Waals surface area (Å²) in [6.45, 7) is 2.48. The fourth-order valence-electron chi connectivity index (χ4n) is 4.74. The number of nitrogens with zero attached hydrogens (tertiary/aromatic N) is 2. The highest BCUT2D eigenvalue weighted by atomic mass is 16.2. The van der Waals surface area contributed by atoms with Crippen LogP contribution in [0.15, 0.2) is 48.5 Å². The topological polar surface area (TPSA) is 62.3 Å². The third-order valence-corrected chi connectivity index (χ3v) is 6.34. The van der Waals surface area contributed by atoms with Crippen LogP contribution >= 0.6 is 0 Å². The largest absolute Gasteiger partial charge is 0.330 e. The van der Waals surface area contributed by atoms with Gasteiger partial charge in [-0.1, -0.05) is 55.2 Å². The number of pyridine rings is 1. The minimum atomic E-state index is -0.188. The molecule has 5 nitrogen and oxygen atoms in total. The lowest BCUT2D eigenvalue weighted by Crippen LogP contribution is -2.37. The van der Waals surface area contributed by atoms with Crippen LogP contribution < -0.4 is 5.32 Å². The standard InChI is InChI=1S/C25H25N3O2/c1-16-11-13-17(14-12-16)26-24(29)22-19-9-5-6-10-21(19)27-23-20(22)15-28(25(23)30)18-7-3-2-4-8-18/h5-6,9-14,18H,2-4,7-8,15H2,1H3,(H,26,29). The Morgan fingerprint density at radius 2 is 1.77 bits per heavy atom. The van der Waals surface area contributed by atoms with E-state index in [-0.39, 0.29) is 17.9 Å². The van der Waals surface area contributed by atoms with Crippen LogP contribution in [-0.2, 0) is 6.54 Å². The average molecular weight is 399 g/mol. The Balaban J connectivity index is 1.57. The Morgan fingerprint density at radius 3 is 2.53 bits per heavy atom. The van der Waals surface area contributed by atoms with Gasteiger partial charge in [0.1, 0.15) is 5.69 Å². The van der Waals surface area contributed by atoms with Crippen molar-refractivity contribution >= 4 is 28.4 Å². The summed E-state index contributed by atoms with van der Waals surface area (Å²) in [5.41, 5.74) is 4.33. The summed E-state index contributed by atoms with van der Waals surface area (Å²) in [7, 11) is 0. The molecule has 0 spiro atoms. The van der Waals surface area contributed by atoms with Crippen LogP contribution in [0.25, 0.3) is 10.9 Å². The number of rotatable bonds is 3. The maximum Gasteiger partial charge on any atom is 0.273 e. The zero-order valence-electron chi connectivity index (χ0n) is 17.1. The van der Waals surface area contributed by atoms with Crippen LogP contribution in [0, 0.1) is 6.92 Å². The first kappa shape index (κ1) is 18.8. The highest BCUT2D eigenvalue weighted by Crippen LogP contribution is 2.35. The lowest BCUT2D eigenvalue weighted by atomic mass is 9.94. The number of fused-ring (bicyclic) bond motifs is 2. The molecule has 0 saturated heterocycles. The second-order valence-electron chi connectivity index (χ2n) is 8.38. The maximum absolute atomic E-state index is 13.4. The number of carbonyl (C=O) groups is 2. The summed E-state index contributed by atoms with van der Waals surface area (Å²) >= 11 is 0. The SMILES string of the molecule is Cc1ccc(NC(=O)c2c3c(nc4ccccc24)C(=O)N(C2CCCCC2)C3)cc1. The molecule has 152 valence electrons. The predicted octanol–water partition coefficient (Wildman–Crippen LogP) is 5.08. The molecule has 2 aliphatic rings. The van der Waals surface area contributed by atoms with Crippen LogP contribution in [0.4, 0.5) is 5.69 Å². The first-order valence-electron chi connectivity index (χ1n) is 10.7. The third kappa shape index (κ3) is 3.24. The van der Waals surface area contributed by atoms with E-state index in [2.05, 4.69) is 10.3 Å². The van der Waals surface area contributed by atoms with Crippen molar-refractivity contribution in [1.29, 1.82) is 0 Å². The van der Waals surface area contributed by atoms with E-state index in [0.29, 0.717) is 23.3 Å². The first-order valence-corrected chi connectivity index (χ1v) is 10.7. The van der Waals surface area contributed by atoms with Gasteiger partial charge in [-0.15, -0.1) is 0 Å². The Bertz CT molecular complexity index is 1130. The van der Waals surface area contributed by atoms with Gasteiger partial charge in [0.25, 0.3) is 11.8 Å². The van der Waals surface area contributed by atoms with Crippen LogP contribution in [-0.4, -0.2) is 27.7 Å². The second kappa shape index (κ2) is 7.56.